The summed E-state index contributed by atoms with van der Waals surface area (Å²) < 4.78 is 0. The van der Waals surface area contributed by atoms with Crippen molar-refractivity contribution in [1.29, 1.82) is 0 Å². The molecule has 1 aromatic carbocycles. The van der Waals surface area contributed by atoms with Crippen molar-refractivity contribution in [3.8, 4) is 0 Å². The highest BCUT2D eigenvalue weighted by atomic mass is 16.2. The lowest BCUT2D eigenvalue weighted by Gasteiger charge is -2.30. The Morgan fingerprint density at radius 1 is 1.18 bits per heavy atom. The van der Waals surface area contributed by atoms with Gasteiger partial charge >= 0.3 is 0 Å². The standard InChI is InChI=1S/C18H26N2O2/c1-13-6-8-15(9-7-13)18(2,3)17(22)20-11-10-14(12-20)16(21)19(4)5/h6-9,14H,10-12H2,1-5H3/t14-/m1/s1. The number of amides is 2. The molecule has 2 amide bonds. The van der Waals surface area contributed by atoms with Crippen LogP contribution in [0.15, 0.2) is 24.3 Å². The van der Waals surface area contributed by atoms with Crippen molar-refractivity contribution in [1.82, 2.24) is 9.80 Å². The Kier molecular flexibility index (Phi) is 4.59. The van der Waals surface area contributed by atoms with Crippen LogP contribution in [0.4, 0.5) is 0 Å². The van der Waals surface area contributed by atoms with Crippen molar-refractivity contribution in [2.45, 2.75) is 32.6 Å². The molecule has 0 radical (unpaired) electrons. The smallest absolute Gasteiger partial charge is 0.232 e. The summed E-state index contributed by atoms with van der Waals surface area (Å²) in [7, 11) is 3.53. The van der Waals surface area contributed by atoms with Crippen LogP contribution in [-0.4, -0.2) is 48.8 Å². The number of aryl methyl sites for hydroxylation is 1. The van der Waals surface area contributed by atoms with E-state index in [-0.39, 0.29) is 17.7 Å². The summed E-state index contributed by atoms with van der Waals surface area (Å²) in [5.41, 5.74) is 1.64. The summed E-state index contributed by atoms with van der Waals surface area (Å²) in [6, 6.07) is 8.11. The van der Waals surface area contributed by atoms with E-state index < -0.39 is 5.41 Å². The maximum Gasteiger partial charge on any atom is 0.232 e. The van der Waals surface area contributed by atoms with E-state index in [0.717, 1.165) is 12.0 Å². The molecule has 2 rings (SSSR count). The van der Waals surface area contributed by atoms with Crippen molar-refractivity contribution < 1.29 is 9.59 Å². The second-order valence-corrected chi connectivity index (χ2v) is 6.96. The molecule has 1 atom stereocenters. The number of carbonyl (C=O) groups excluding carboxylic acids is 2. The number of likely N-dealkylation sites (tertiary alicyclic amines) is 1. The highest BCUT2D eigenvalue weighted by Crippen LogP contribution is 2.29. The first kappa shape index (κ1) is 16.5. The first-order valence-corrected chi connectivity index (χ1v) is 7.81. The second kappa shape index (κ2) is 6.11. The molecule has 0 saturated carbocycles. The van der Waals surface area contributed by atoms with Crippen LogP contribution in [0.3, 0.4) is 0 Å². The van der Waals surface area contributed by atoms with Crippen molar-refractivity contribution in [3.05, 3.63) is 35.4 Å². The fourth-order valence-corrected chi connectivity index (χ4v) is 3.00. The first-order valence-electron chi connectivity index (χ1n) is 7.81. The zero-order valence-corrected chi connectivity index (χ0v) is 14.2. The van der Waals surface area contributed by atoms with Gasteiger partial charge in [0.05, 0.1) is 11.3 Å². The Hall–Kier alpha value is -1.84. The lowest BCUT2D eigenvalue weighted by Crippen LogP contribution is -2.43. The Bertz CT molecular complexity index is 561. The predicted octanol–water partition coefficient (Wildman–Crippen LogP) is 2.21. The summed E-state index contributed by atoms with van der Waals surface area (Å²) in [5, 5.41) is 0. The topological polar surface area (TPSA) is 40.6 Å². The Labute approximate surface area is 133 Å². The first-order chi connectivity index (χ1) is 10.2. The normalized spacial score (nSPS) is 18.4. The van der Waals surface area contributed by atoms with Gasteiger partial charge in [0.25, 0.3) is 0 Å². The van der Waals surface area contributed by atoms with E-state index in [1.165, 1.54) is 5.56 Å². The van der Waals surface area contributed by atoms with E-state index in [4.69, 9.17) is 0 Å². The summed E-state index contributed by atoms with van der Waals surface area (Å²) in [4.78, 5) is 28.4. The van der Waals surface area contributed by atoms with Gasteiger partial charge in [-0.25, -0.2) is 0 Å². The predicted molar refractivity (Wildman–Crippen MR) is 87.6 cm³/mol. The third kappa shape index (κ3) is 3.16. The molecule has 0 unspecified atom stereocenters. The SMILES string of the molecule is Cc1ccc(C(C)(C)C(=O)N2CC[C@@H](C(=O)N(C)C)C2)cc1. The van der Waals surface area contributed by atoms with Crippen LogP contribution in [0.5, 0.6) is 0 Å². The minimum atomic E-state index is -0.566. The van der Waals surface area contributed by atoms with Crippen LogP contribution in [0.25, 0.3) is 0 Å². The Morgan fingerprint density at radius 2 is 1.77 bits per heavy atom. The van der Waals surface area contributed by atoms with Gasteiger partial charge in [-0.15, -0.1) is 0 Å². The van der Waals surface area contributed by atoms with Crippen LogP contribution >= 0.6 is 0 Å². The van der Waals surface area contributed by atoms with Gasteiger partial charge in [-0.3, -0.25) is 9.59 Å². The average molecular weight is 302 g/mol. The van der Waals surface area contributed by atoms with Gasteiger partial charge in [-0.2, -0.15) is 0 Å². The van der Waals surface area contributed by atoms with Gasteiger partial charge in [-0.1, -0.05) is 29.8 Å². The number of hydrogen-bond donors (Lipinski definition) is 0. The zero-order chi connectivity index (χ0) is 16.5. The van der Waals surface area contributed by atoms with Crippen LogP contribution < -0.4 is 0 Å². The van der Waals surface area contributed by atoms with E-state index in [2.05, 4.69) is 0 Å². The molecule has 0 aliphatic carbocycles. The van der Waals surface area contributed by atoms with Gasteiger partial charge in [0.2, 0.25) is 11.8 Å². The molecule has 1 heterocycles. The lowest BCUT2D eigenvalue weighted by molar-refractivity contribution is -0.136. The van der Waals surface area contributed by atoms with Gasteiger partial charge in [0.15, 0.2) is 0 Å². The molecule has 120 valence electrons. The molecule has 1 saturated heterocycles. The van der Waals surface area contributed by atoms with E-state index in [1.54, 1.807) is 19.0 Å². The number of nitrogens with zero attached hydrogens (tertiary/aromatic N) is 2. The molecule has 4 heteroatoms. The molecule has 0 aromatic heterocycles. The van der Waals surface area contributed by atoms with E-state index in [9.17, 15) is 9.59 Å². The van der Waals surface area contributed by atoms with Crippen molar-refractivity contribution in [2.75, 3.05) is 27.2 Å². The van der Waals surface area contributed by atoms with Gasteiger partial charge < -0.3 is 9.80 Å². The van der Waals surface area contributed by atoms with Crippen LogP contribution in [0, 0.1) is 12.8 Å². The minimum Gasteiger partial charge on any atom is -0.349 e. The summed E-state index contributed by atoms with van der Waals surface area (Å²) >= 11 is 0. The van der Waals surface area contributed by atoms with E-state index in [1.807, 2.05) is 49.9 Å². The van der Waals surface area contributed by atoms with Crippen molar-refractivity contribution in [2.24, 2.45) is 5.92 Å². The monoisotopic (exact) mass is 302 g/mol. The molecule has 1 fully saturated rings. The third-order valence-electron chi connectivity index (χ3n) is 4.57. The highest BCUT2D eigenvalue weighted by molar-refractivity contribution is 5.88. The number of carbonyl (C=O) groups is 2. The summed E-state index contributed by atoms with van der Waals surface area (Å²) in [6.45, 7) is 7.15. The number of rotatable bonds is 3. The molecule has 1 aliphatic heterocycles. The van der Waals surface area contributed by atoms with Gasteiger partial charge in [0, 0.05) is 27.2 Å². The average Bonchev–Trinajstić information content (AvgIpc) is 2.95. The van der Waals surface area contributed by atoms with Crippen LogP contribution in [0.1, 0.15) is 31.4 Å². The Morgan fingerprint density at radius 3 is 2.32 bits per heavy atom. The maximum atomic E-state index is 12.9. The quantitative estimate of drug-likeness (QED) is 0.859. The molecular formula is C18H26N2O2. The molecule has 0 spiro atoms. The van der Waals surface area contributed by atoms with Gasteiger partial charge in [0.1, 0.15) is 0 Å². The molecular weight excluding hydrogens is 276 g/mol. The fourth-order valence-electron chi connectivity index (χ4n) is 3.00. The molecule has 0 bridgehead atoms. The second-order valence-electron chi connectivity index (χ2n) is 6.96. The van der Waals surface area contributed by atoms with E-state index >= 15 is 0 Å². The van der Waals surface area contributed by atoms with Crippen LogP contribution in [-0.2, 0) is 15.0 Å². The molecule has 1 aromatic rings. The van der Waals surface area contributed by atoms with E-state index in [0.29, 0.717) is 13.1 Å². The fraction of sp³-hybridized carbons (Fsp3) is 0.556. The largest absolute Gasteiger partial charge is 0.349 e. The summed E-state index contributed by atoms with van der Waals surface area (Å²) in [6.07, 6.45) is 0.757. The van der Waals surface area contributed by atoms with Crippen molar-refractivity contribution >= 4 is 11.8 Å². The van der Waals surface area contributed by atoms with Gasteiger partial charge in [-0.05, 0) is 32.8 Å². The maximum absolute atomic E-state index is 12.9. The molecule has 0 N–H and O–H groups in total. The van der Waals surface area contributed by atoms with Crippen molar-refractivity contribution in [3.63, 3.8) is 0 Å². The lowest BCUT2D eigenvalue weighted by atomic mass is 9.83. The third-order valence-corrected chi connectivity index (χ3v) is 4.57. The van der Waals surface area contributed by atoms with Crippen LogP contribution in [0.2, 0.25) is 0 Å². The number of benzene rings is 1. The molecule has 22 heavy (non-hydrogen) atoms. The minimum absolute atomic E-state index is 0.0623. The molecule has 4 nitrogen and oxygen atoms in total. The summed E-state index contributed by atoms with van der Waals surface area (Å²) in [5.74, 6) is 0.154. The molecule has 1 aliphatic rings. The number of hydrogen-bond acceptors (Lipinski definition) is 2. The highest BCUT2D eigenvalue weighted by Gasteiger charge is 2.39. The Balaban J connectivity index is 2.11. The zero-order valence-electron chi connectivity index (χ0n) is 14.2.